The fourth-order valence-corrected chi connectivity index (χ4v) is 0.782. The van der Waals surface area contributed by atoms with E-state index in [0.29, 0.717) is 18.3 Å². The van der Waals surface area contributed by atoms with Crippen LogP contribution in [0.2, 0.25) is 0 Å². The zero-order chi connectivity index (χ0) is 8.97. The van der Waals surface area contributed by atoms with Crippen LogP contribution in [0.3, 0.4) is 0 Å². The largest absolute Gasteiger partial charge is 0.491 e. The highest BCUT2D eigenvalue weighted by Crippen LogP contribution is 2.09. The van der Waals surface area contributed by atoms with Gasteiger partial charge in [0, 0.05) is 14.1 Å². The summed E-state index contributed by atoms with van der Waals surface area (Å²) < 4.78 is 5.20. The van der Waals surface area contributed by atoms with E-state index in [2.05, 4.69) is 9.97 Å². The van der Waals surface area contributed by atoms with Gasteiger partial charge in [-0.3, -0.25) is 0 Å². The van der Waals surface area contributed by atoms with Gasteiger partial charge in [-0.2, -0.15) is 0 Å². The topological polar surface area (TPSA) is 38.2 Å². The van der Waals surface area contributed by atoms with Crippen LogP contribution in [-0.2, 0) is 0 Å². The molecule has 0 spiro atoms. The molecule has 0 aliphatic carbocycles. The van der Waals surface area contributed by atoms with Crippen molar-refractivity contribution in [2.45, 2.75) is 6.92 Å². The SMILES string of the molecule is CCOc1cnc(N(C)C)nc1. The van der Waals surface area contributed by atoms with Crippen LogP contribution in [0.15, 0.2) is 12.4 Å². The Labute approximate surface area is 72.2 Å². The fraction of sp³-hybridized carbons (Fsp3) is 0.500. The predicted octanol–water partition coefficient (Wildman–Crippen LogP) is 0.941. The Morgan fingerprint density at radius 1 is 1.33 bits per heavy atom. The molecule has 12 heavy (non-hydrogen) atoms. The average molecular weight is 167 g/mol. The van der Waals surface area contributed by atoms with E-state index in [1.165, 1.54) is 0 Å². The molecular weight excluding hydrogens is 154 g/mol. The van der Waals surface area contributed by atoms with Crippen LogP contribution >= 0.6 is 0 Å². The van der Waals surface area contributed by atoms with Crippen LogP contribution in [0, 0.1) is 0 Å². The van der Waals surface area contributed by atoms with Gasteiger partial charge in [-0.1, -0.05) is 0 Å². The van der Waals surface area contributed by atoms with Crippen LogP contribution in [-0.4, -0.2) is 30.7 Å². The first kappa shape index (κ1) is 8.77. The molecule has 0 unspecified atom stereocenters. The van der Waals surface area contributed by atoms with E-state index in [0.717, 1.165) is 0 Å². The van der Waals surface area contributed by atoms with Gasteiger partial charge in [0.2, 0.25) is 5.95 Å². The zero-order valence-electron chi connectivity index (χ0n) is 7.61. The summed E-state index contributed by atoms with van der Waals surface area (Å²) in [5.74, 6) is 1.40. The molecule has 0 amide bonds. The standard InChI is InChI=1S/C8H13N3O/c1-4-12-7-5-9-8(10-6-7)11(2)3/h5-6H,4H2,1-3H3. The number of anilines is 1. The van der Waals surface area contributed by atoms with E-state index < -0.39 is 0 Å². The molecule has 4 nitrogen and oxygen atoms in total. The summed E-state index contributed by atoms with van der Waals surface area (Å²) in [6.07, 6.45) is 3.34. The lowest BCUT2D eigenvalue weighted by Crippen LogP contribution is -2.12. The molecule has 0 N–H and O–H groups in total. The second-order valence-electron chi connectivity index (χ2n) is 2.55. The summed E-state index contributed by atoms with van der Waals surface area (Å²) in [7, 11) is 3.80. The van der Waals surface area contributed by atoms with E-state index in [4.69, 9.17) is 4.74 Å². The van der Waals surface area contributed by atoms with Crippen LogP contribution in [0.1, 0.15) is 6.92 Å². The second-order valence-corrected chi connectivity index (χ2v) is 2.55. The Hall–Kier alpha value is -1.32. The van der Waals surface area contributed by atoms with Crippen molar-refractivity contribution < 1.29 is 4.74 Å². The van der Waals surface area contributed by atoms with Gasteiger partial charge < -0.3 is 9.64 Å². The summed E-state index contributed by atoms with van der Waals surface area (Å²) in [4.78, 5) is 10.0. The normalized spacial score (nSPS) is 9.58. The Balaban J connectivity index is 2.71. The minimum Gasteiger partial charge on any atom is -0.491 e. The van der Waals surface area contributed by atoms with Crippen LogP contribution in [0.4, 0.5) is 5.95 Å². The molecule has 66 valence electrons. The quantitative estimate of drug-likeness (QED) is 0.671. The van der Waals surface area contributed by atoms with Gasteiger partial charge in [-0.15, -0.1) is 0 Å². The molecule has 0 saturated carbocycles. The van der Waals surface area contributed by atoms with Gasteiger partial charge in [0.1, 0.15) is 0 Å². The minimum absolute atomic E-state index is 0.644. The lowest BCUT2D eigenvalue weighted by atomic mass is 10.6. The minimum atomic E-state index is 0.644. The summed E-state index contributed by atoms with van der Waals surface area (Å²) in [5.41, 5.74) is 0. The Bertz CT molecular complexity index is 233. The van der Waals surface area contributed by atoms with E-state index in [1.54, 1.807) is 12.4 Å². The van der Waals surface area contributed by atoms with E-state index in [9.17, 15) is 0 Å². The molecule has 0 aliphatic rings. The summed E-state index contributed by atoms with van der Waals surface area (Å²) in [6.45, 7) is 2.57. The van der Waals surface area contributed by atoms with Crippen molar-refractivity contribution in [1.29, 1.82) is 0 Å². The third-order valence-corrected chi connectivity index (χ3v) is 1.33. The first-order valence-corrected chi connectivity index (χ1v) is 3.86. The van der Waals surface area contributed by atoms with Crippen LogP contribution < -0.4 is 9.64 Å². The highest BCUT2D eigenvalue weighted by atomic mass is 16.5. The van der Waals surface area contributed by atoms with Gasteiger partial charge in [-0.25, -0.2) is 9.97 Å². The maximum Gasteiger partial charge on any atom is 0.224 e. The molecule has 1 heterocycles. The molecule has 0 aliphatic heterocycles. The smallest absolute Gasteiger partial charge is 0.224 e. The van der Waals surface area contributed by atoms with Gasteiger partial charge in [0.15, 0.2) is 5.75 Å². The molecule has 1 aromatic heterocycles. The van der Waals surface area contributed by atoms with Crippen molar-refractivity contribution in [3.8, 4) is 5.75 Å². The van der Waals surface area contributed by atoms with Gasteiger partial charge >= 0.3 is 0 Å². The number of nitrogens with zero attached hydrogens (tertiary/aromatic N) is 3. The van der Waals surface area contributed by atoms with Crippen molar-refractivity contribution in [2.24, 2.45) is 0 Å². The molecule has 0 fully saturated rings. The van der Waals surface area contributed by atoms with Crippen molar-refractivity contribution >= 4 is 5.95 Å². The monoisotopic (exact) mass is 167 g/mol. The number of ether oxygens (including phenoxy) is 1. The van der Waals surface area contributed by atoms with Crippen molar-refractivity contribution in [3.05, 3.63) is 12.4 Å². The fourth-order valence-electron chi connectivity index (χ4n) is 0.782. The van der Waals surface area contributed by atoms with Crippen molar-refractivity contribution in [3.63, 3.8) is 0 Å². The molecule has 0 atom stereocenters. The van der Waals surface area contributed by atoms with Gasteiger partial charge in [0.25, 0.3) is 0 Å². The summed E-state index contributed by atoms with van der Waals surface area (Å²) in [5, 5.41) is 0. The molecule has 1 rings (SSSR count). The Kier molecular flexibility index (Phi) is 2.85. The third-order valence-electron chi connectivity index (χ3n) is 1.33. The molecule has 1 aromatic rings. The second kappa shape index (κ2) is 3.90. The van der Waals surface area contributed by atoms with E-state index in [-0.39, 0.29) is 0 Å². The summed E-state index contributed by atoms with van der Waals surface area (Å²) in [6, 6.07) is 0. The maximum atomic E-state index is 5.20. The first-order chi connectivity index (χ1) is 5.74. The molecule has 0 bridgehead atoms. The van der Waals surface area contributed by atoms with Gasteiger partial charge in [-0.05, 0) is 6.92 Å². The molecule has 4 heteroatoms. The number of hydrogen-bond donors (Lipinski definition) is 0. The van der Waals surface area contributed by atoms with Crippen LogP contribution in [0.25, 0.3) is 0 Å². The highest BCUT2D eigenvalue weighted by molar-refractivity contribution is 5.28. The van der Waals surface area contributed by atoms with E-state index >= 15 is 0 Å². The number of aromatic nitrogens is 2. The lowest BCUT2D eigenvalue weighted by molar-refractivity contribution is 0.337. The van der Waals surface area contributed by atoms with Gasteiger partial charge in [0.05, 0.1) is 19.0 Å². The molecule has 0 saturated heterocycles. The van der Waals surface area contributed by atoms with Crippen LogP contribution in [0.5, 0.6) is 5.75 Å². The van der Waals surface area contributed by atoms with Crippen molar-refractivity contribution in [2.75, 3.05) is 25.6 Å². The lowest BCUT2D eigenvalue weighted by Gasteiger charge is -2.09. The number of hydrogen-bond acceptors (Lipinski definition) is 4. The maximum absolute atomic E-state index is 5.20. The highest BCUT2D eigenvalue weighted by Gasteiger charge is 1.98. The molecule has 0 aromatic carbocycles. The Morgan fingerprint density at radius 2 is 1.92 bits per heavy atom. The number of rotatable bonds is 3. The Morgan fingerprint density at radius 3 is 2.33 bits per heavy atom. The predicted molar refractivity (Wildman–Crippen MR) is 47.5 cm³/mol. The molecule has 0 radical (unpaired) electrons. The summed E-state index contributed by atoms with van der Waals surface area (Å²) >= 11 is 0. The zero-order valence-corrected chi connectivity index (χ0v) is 7.61. The average Bonchev–Trinajstić information content (AvgIpc) is 2.06. The van der Waals surface area contributed by atoms with E-state index in [1.807, 2.05) is 25.9 Å². The third kappa shape index (κ3) is 2.08. The van der Waals surface area contributed by atoms with Crippen molar-refractivity contribution in [1.82, 2.24) is 9.97 Å². The first-order valence-electron chi connectivity index (χ1n) is 3.86. The molecular formula is C8H13N3O.